The van der Waals surface area contributed by atoms with Crippen LogP contribution in [0.2, 0.25) is 0 Å². The van der Waals surface area contributed by atoms with Crippen molar-refractivity contribution in [3.8, 4) is 0 Å². The standard InChI is InChI=1S/C29H29FN6O/c1-20-8-11-24-16-25(29(37)31-28(24)21(20)2)18-35(17-23-9-12-26(30)13-10-23)19-27-32-33-34-36(27)15-14-22-6-4-3-5-7-22/h3-13,16H,14-15,17-19H2,1-2H3,(H,31,37). The van der Waals surface area contributed by atoms with E-state index < -0.39 is 0 Å². The number of H-pyrrole nitrogens is 1. The predicted octanol–water partition coefficient (Wildman–Crippen LogP) is 4.72. The number of fused-ring (bicyclic) bond motifs is 1. The van der Waals surface area contributed by atoms with E-state index in [-0.39, 0.29) is 11.4 Å². The third-order valence-corrected chi connectivity index (χ3v) is 6.77. The van der Waals surface area contributed by atoms with Crippen molar-refractivity contribution in [3.63, 3.8) is 0 Å². The van der Waals surface area contributed by atoms with Crippen LogP contribution >= 0.6 is 0 Å². The highest BCUT2D eigenvalue weighted by atomic mass is 19.1. The van der Waals surface area contributed by atoms with Crippen molar-refractivity contribution in [1.29, 1.82) is 0 Å². The minimum absolute atomic E-state index is 0.117. The second-order valence-corrected chi connectivity index (χ2v) is 9.42. The second-order valence-electron chi connectivity index (χ2n) is 9.42. The van der Waals surface area contributed by atoms with Crippen molar-refractivity contribution < 1.29 is 4.39 Å². The lowest BCUT2D eigenvalue weighted by molar-refractivity contribution is 0.235. The number of nitrogens with one attached hydrogen (secondary N) is 1. The molecule has 0 atom stereocenters. The minimum Gasteiger partial charge on any atom is -0.321 e. The highest BCUT2D eigenvalue weighted by Gasteiger charge is 2.16. The van der Waals surface area contributed by atoms with Gasteiger partial charge >= 0.3 is 0 Å². The Kier molecular flexibility index (Phi) is 7.18. The van der Waals surface area contributed by atoms with Crippen LogP contribution in [-0.2, 0) is 32.6 Å². The normalized spacial score (nSPS) is 11.5. The molecule has 0 spiro atoms. The summed E-state index contributed by atoms with van der Waals surface area (Å²) in [6.45, 7) is 6.03. The molecule has 0 saturated carbocycles. The Hall–Kier alpha value is -4.17. The Balaban J connectivity index is 1.41. The van der Waals surface area contributed by atoms with Gasteiger partial charge in [0.25, 0.3) is 5.56 Å². The zero-order chi connectivity index (χ0) is 25.8. The summed E-state index contributed by atoms with van der Waals surface area (Å²) in [5.41, 5.74) is 5.76. The molecule has 2 aromatic heterocycles. The van der Waals surface area contributed by atoms with Crippen molar-refractivity contribution >= 4 is 10.9 Å². The molecular formula is C29H29FN6O. The first-order valence-corrected chi connectivity index (χ1v) is 12.3. The number of benzene rings is 3. The van der Waals surface area contributed by atoms with E-state index in [1.54, 1.807) is 16.8 Å². The topological polar surface area (TPSA) is 79.7 Å². The molecule has 0 unspecified atom stereocenters. The lowest BCUT2D eigenvalue weighted by atomic mass is 10.0. The first-order chi connectivity index (χ1) is 18.0. The lowest BCUT2D eigenvalue weighted by Gasteiger charge is -2.22. The van der Waals surface area contributed by atoms with Crippen LogP contribution in [0, 0.1) is 19.7 Å². The van der Waals surface area contributed by atoms with Crippen LogP contribution in [0.3, 0.4) is 0 Å². The van der Waals surface area contributed by atoms with Crippen molar-refractivity contribution in [2.75, 3.05) is 0 Å². The Labute approximate surface area is 214 Å². The molecule has 37 heavy (non-hydrogen) atoms. The summed E-state index contributed by atoms with van der Waals surface area (Å²) in [5, 5.41) is 13.4. The zero-order valence-corrected chi connectivity index (χ0v) is 21.0. The van der Waals surface area contributed by atoms with Crippen LogP contribution in [0.15, 0.2) is 77.6 Å². The van der Waals surface area contributed by atoms with Gasteiger partial charge in [0.15, 0.2) is 5.82 Å². The number of rotatable bonds is 9. The molecule has 7 nitrogen and oxygen atoms in total. The highest BCUT2D eigenvalue weighted by molar-refractivity contribution is 5.83. The predicted molar refractivity (Wildman–Crippen MR) is 141 cm³/mol. The fourth-order valence-corrected chi connectivity index (χ4v) is 4.53. The molecule has 0 radical (unpaired) electrons. The summed E-state index contributed by atoms with van der Waals surface area (Å²) in [6, 6.07) is 22.7. The van der Waals surface area contributed by atoms with Gasteiger partial charge in [-0.25, -0.2) is 9.07 Å². The van der Waals surface area contributed by atoms with E-state index in [1.165, 1.54) is 17.7 Å². The van der Waals surface area contributed by atoms with Gasteiger partial charge in [0, 0.05) is 25.2 Å². The molecule has 2 heterocycles. The molecule has 0 fully saturated rings. The van der Waals surface area contributed by atoms with Gasteiger partial charge in [-0.3, -0.25) is 9.69 Å². The maximum Gasteiger partial charge on any atom is 0.252 e. The fraction of sp³-hybridized carbons (Fsp3) is 0.241. The summed E-state index contributed by atoms with van der Waals surface area (Å²) in [5.74, 6) is 0.429. The average molecular weight is 497 g/mol. The van der Waals surface area contributed by atoms with E-state index in [9.17, 15) is 9.18 Å². The molecule has 0 amide bonds. The first-order valence-electron chi connectivity index (χ1n) is 12.3. The molecule has 188 valence electrons. The van der Waals surface area contributed by atoms with Gasteiger partial charge in [0.1, 0.15) is 5.82 Å². The van der Waals surface area contributed by atoms with Gasteiger partial charge in [-0.15, -0.1) is 5.10 Å². The average Bonchev–Trinajstić information content (AvgIpc) is 3.35. The number of nitrogens with zero attached hydrogens (tertiary/aromatic N) is 5. The number of aromatic amines is 1. The van der Waals surface area contributed by atoms with Gasteiger partial charge in [-0.05, 0) is 76.5 Å². The van der Waals surface area contributed by atoms with Gasteiger partial charge in [-0.2, -0.15) is 0 Å². The Morgan fingerprint density at radius 2 is 1.70 bits per heavy atom. The van der Waals surface area contributed by atoms with E-state index in [2.05, 4.69) is 43.6 Å². The molecule has 0 aliphatic carbocycles. The van der Waals surface area contributed by atoms with Crippen LogP contribution in [-0.4, -0.2) is 30.1 Å². The monoisotopic (exact) mass is 496 g/mol. The molecule has 0 aliphatic heterocycles. The van der Waals surface area contributed by atoms with Gasteiger partial charge in [0.05, 0.1) is 12.1 Å². The lowest BCUT2D eigenvalue weighted by Crippen LogP contribution is -2.28. The molecule has 1 N–H and O–H groups in total. The third kappa shape index (κ3) is 5.81. The number of pyridine rings is 1. The Bertz CT molecular complexity index is 1560. The van der Waals surface area contributed by atoms with Crippen LogP contribution in [0.4, 0.5) is 4.39 Å². The SMILES string of the molecule is Cc1ccc2cc(CN(Cc3ccc(F)cc3)Cc3nnnn3CCc3ccccc3)c(=O)[nH]c2c1C. The number of halogens is 1. The summed E-state index contributed by atoms with van der Waals surface area (Å²) in [4.78, 5) is 18.3. The largest absolute Gasteiger partial charge is 0.321 e. The van der Waals surface area contributed by atoms with E-state index >= 15 is 0 Å². The summed E-state index contributed by atoms with van der Waals surface area (Å²) in [6.07, 6.45) is 0.806. The molecule has 0 bridgehead atoms. The number of aryl methyl sites for hydroxylation is 4. The maximum absolute atomic E-state index is 13.5. The number of hydrogen-bond acceptors (Lipinski definition) is 5. The van der Waals surface area contributed by atoms with Crippen molar-refractivity contribution in [2.45, 2.75) is 46.4 Å². The van der Waals surface area contributed by atoms with Crippen LogP contribution < -0.4 is 5.56 Å². The van der Waals surface area contributed by atoms with Crippen molar-refractivity contribution in [2.24, 2.45) is 0 Å². The molecule has 3 aromatic carbocycles. The Morgan fingerprint density at radius 3 is 2.49 bits per heavy atom. The molecule has 5 rings (SSSR count). The van der Waals surface area contributed by atoms with Crippen LogP contribution in [0.25, 0.3) is 10.9 Å². The van der Waals surface area contributed by atoms with E-state index in [0.717, 1.165) is 34.0 Å². The van der Waals surface area contributed by atoms with Gasteiger partial charge in [0.2, 0.25) is 0 Å². The molecule has 8 heteroatoms. The van der Waals surface area contributed by atoms with Crippen LogP contribution in [0.1, 0.15) is 33.6 Å². The first kappa shape index (κ1) is 24.5. The summed E-state index contributed by atoms with van der Waals surface area (Å²) in [7, 11) is 0. The minimum atomic E-state index is -0.281. The second kappa shape index (κ2) is 10.8. The zero-order valence-electron chi connectivity index (χ0n) is 21.0. The summed E-state index contributed by atoms with van der Waals surface area (Å²) >= 11 is 0. The fourth-order valence-electron chi connectivity index (χ4n) is 4.53. The van der Waals surface area contributed by atoms with E-state index in [0.29, 0.717) is 37.6 Å². The highest BCUT2D eigenvalue weighted by Crippen LogP contribution is 2.20. The number of aromatic nitrogens is 5. The quantitative estimate of drug-likeness (QED) is 0.320. The molecule has 0 aliphatic rings. The smallest absolute Gasteiger partial charge is 0.252 e. The van der Waals surface area contributed by atoms with Gasteiger partial charge < -0.3 is 4.98 Å². The van der Waals surface area contributed by atoms with E-state index in [1.807, 2.05) is 44.2 Å². The molecule has 5 aromatic rings. The third-order valence-electron chi connectivity index (χ3n) is 6.77. The maximum atomic E-state index is 13.5. The summed E-state index contributed by atoms with van der Waals surface area (Å²) < 4.78 is 15.3. The van der Waals surface area contributed by atoms with Crippen LogP contribution in [0.5, 0.6) is 0 Å². The number of tetrazole rings is 1. The van der Waals surface area contributed by atoms with Crippen molar-refractivity contribution in [3.05, 3.63) is 123 Å². The Morgan fingerprint density at radius 1 is 0.919 bits per heavy atom. The molecule has 0 saturated heterocycles. The van der Waals surface area contributed by atoms with E-state index in [4.69, 9.17) is 0 Å². The van der Waals surface area contributed by atoms with Crippen molar-refractivity contribution in [1.82, 2.24) is 30.1 Å². The molecular weight excluding hydrogens is 467 g/mol. The van der Waals surface area contributed by atoms with Gasteiger partial charge in [-0.1, -0.05) is 54.6 Å². The number of hydrogen-bond donors (Lipinski definition) is 1.